The molecule has 16 heavy (non-hydrogen) atoms. The zero-order valence-electron chi connectivity index (χ0n) is 8.68. The summed E-state index contributed by atoms with van der Waals surface area (Å²) in [6, 6.07) is 4.64. The monoisotopic (exact) mass is 216 g/mol. The zero-order chi connectivity index (χ0) is 11.5. The summed E-state index contributed by atoms with van der Waals surface area (Å²) in [6.45, 7) is 0. The number of aromatic carboxylic acids is 1. The van der Waals surface area contributed by atoms with Crippen LogP contribution in [0, 0.1) is 0 Å². The van der Waals surface area contributed by atoms with Crippen LogP contribution in [0.1, 0.15) is 28.8 Å². The minimum Gasteiger partial charge on any atom is -0.507 e. The van der Waals surface area contributed by atoms with E-state index in [1.165, 1.54) is 12.1 Å². The van der Waals surface area contributed by atoms with Gasteiger partial charge in [-0.2, -0.15) is 0 Å². The Hall–Kier alpha value is -2.03. The van der Waals surface area contributed by atoms with Crippen LogP contribution in [-0.4, -0.2) is 16.2 Å². The van der Waals surface area contributed by atoms with Crippen LogP contribution in [0.3, 0.4) is 0 Å². The molecule has 1 aromatic carbocycles. The van der Waals surface area contributed by atoms with E-state index >= 15 is 0 Å². The highest BCUT2D eigenvalue weighted by Crippen LogP contribution is 2.26. The Morgan fingerprint density at radius 2 is 2.06 bits per heavy atom. The third kappa shape index (κ3) is 1.98. The lowest BCUT2D eigenvalue weighted by Gasteiger charge is -2.08. The van der Waals surface area contributed by atoms with Crippen LogP contribution in [0.2, 0.25) is 0 Å². The fourth-order valence-corrected chi connectivity index (χ4v) is 1.71. The van der Waals surface area contributed by atoms with Crippen molar-refractivity contribution >= 4 is 11.5 Å². The van der Waals surface area contributed by atoms with Crippen molar-refractivity contribution in [1.29, 1.82) is 0 Å². The number of hydrogen-bond donors (Lipinski definition) is 2. The van der Waals surface area contributed by atoms with Gasteiger partial charge in [-0.1, -0.05) is 24.3 Å². The molecule has 0 amide bonds. The summed E-state index contributed by atoms with van der Waals surface area (Å²) in [5.74, 6) is -1.31. The summed E-state index contributed by atoms with van der Waals surface area (Å²) in [4.78, 5) is 10.9. The van der Waals surface area contributed by atoms with Gasteiger partial charge in [-0.15, -0.1) is 0 Å². The molecule has 0 bridgehead atoms. The first-order valence-corrected chi connectivity index (χ1v) is 5.12. The van der Waals surface area contributed by atoms with E-state index in [1.807, 2.05) is 6.08 Å². The third-order valence-corrected chi connectivity index (χ3v) is 2.56. The van der Waals surface area contributed by atoms with E-state index in [-0.39, 0.29) is 11.3 Å². The predicted molar refractivity (Wildman–Crippen MR) is 61.4 cm³/mol. The molecule has 1 aliphatic rings. The van der Waals surface area contributed by atoms with Crippen molar-refractivity contribution in [3.05, 3.63) is 47.6 Å². The number of carboxylic acids is 1. The van der Waals surface area contributed by atoms with Crippen LogP contribution < -0.4 is 0 Å². The quantitative estimate of drug-likeness (QED) is 0.799. The molecule has 0 aromatic heterocycles. The van der Waals surface area contributed by atoms with E-state index in [9.17, 15) is 9.90 Å². The topological polar surface area (TPSA) is 57.5 Å². The second-order valence-corrected chi connectivity index (χ2v) is 3.68. The Morgan fingerprint density at radius 1 is 1.25 bits per heavy atom. The molecule has 0 radical (unpaired) electrons. The van der Waals surface area contributed by atoms with Crippen molar-refractivity contribution in [2.45, 2.75) is 12.8 Å². The summed E-state index contributed by atoms with van der Waals surface area (Å²) in [6.07, 6.45) is 8.09. The van der Waals surface area contributed by atoms with Crippen molar-refractivity contribution in [2.75, 3.05) is 0 Å². The fraction of sp³-hybridized carbons (Fsp3) is 0.154. The number of allylic oxidation sites excluding steroid dienone is 4. The molecule has 3 nitrogen and oxygen atoms in total. The second-order valence-electron chi connectivity index (χ2n) is 3.68. The Labute approximate surface area is 93.4 Å². The van der Waals surface area contributed by atoms with E-state index in [0.717, 1.165) is 24.0 Å². The maximum absolute atomic E-state index is 10.9. The van der Waals surface area contributed by atoms with Gasteiger partial charge in [0.1, 0.15) is 11.3 Å². The molecular formula is C13H12O3. The van der Waals surface area contributed by atoms with E-state index in [0.29, 0.717) is 0 Å². The van der Waals surface area contributed by atoms with E-state index in [1.54, 1.807) is 6.07 Å². The largest absolute Gasteiger partial charge is 0.507 e. The summed E-state index contributed by atoms with van der Waals surface area (Å²) in [5, 5.41) is 18.3. The molecule has 0 heterocycles. The Bertz CT molecular complexity index is 484. The summed E-state index contributed by atoms with van der Waals surface area (Å²) >= 11 is 0. The van der Waals surface area contributed by atoms with Gasteiger partial charge in [0.25, 0.3) is 0 Å². The normalized spacial score (nSPS) is 14.6. The number of benzene rings is 1. The van der Waals surface area contributed by atoms with Gasteiger partial charge >= 0.3 is 5.97 Å². The van der Waals surface area contributed by atoms with Gasteiger partial charge in [0.05, 0.1) is 0 Å². The number of aromatic hydroxyl groups is 1. The highest BCUT2D eigenvalue weighted by atomic mass is 16.4. The molecule has 0 saturated heterocycles. The lowest BCUT2D eigenvalue weighted by atomic mass is 9.98. The molecule has 0 spiro atoms. The third-order valence-electron chi connectivity index (χ3n) is 2.56. The lowest BCUT2D eigenvalue weighted by molar-refractivity contribution is 0.0693. The number of phenols is 1. The van der Waals surface area contributed by atoms with Gasteiger partial charge < -0.3 is 10.2 Å². The van der Waals surface area contributed by atoms with Gasteiger partial charge in [0.2, 0.25) is 0 Å². The first kappa shape index (κ1) is 10.5. The average molecular weight is 216 g/mol. The Kier molecular flexibility index (Phi) is 2.77. The van der Waals surface area contributed by atoms with E-state index in [4.69, 9.17) is 5.11 Å². The molecule has 2 rings (SSSR count). The van der Waals surface area contributed by atoms with Crippen molar-refractivity contribution in [2.24, 2.45) is 0 Å². The average Bonchev–Trinajstić information content (AvgIpc) is 2.30. The SMILES string of the molecule is O=C(O)c1cc(C2=CCCC=C2)ccc1O. The Morgan fingerprint density at radius 3 is 2.69 bits per heavy atom. The van der Waals surface area contributed by atoms with Gasteiger partial charge in [-0.05, 0) is 36.1 Å². The van der Waals surface area contributed by atoms with Crippen molar-refractivity contribution in [3.8, 4) is 5.75 Å². The first-order chi connectivity index (χ1) is 7.68. The Balaban J connectivity index is 2.43. The molecular weight excluding hydrogens is 204 g/mol. The molecule has 3 heteroatoms. The van der Waals surface area contributed by atoms with Crippen LogP contribution in [0.4, 0.5) is 0 Å². The number of rotatable bonds is 2. The smallest absolute Gasteiger partial charge is 0.339 e. The van der Waals surface area contributed by atoms with Gasteiger partial charge in [-0.3, -0.25) is 0 Å². The van der Waals surface area contributed by atoms with Crippen LogP contribution in [0.25, 0.3) is 5.57 Å². The first-order valence-electron chi connectivity index (χ1n) is 5.12. The molecule has 1 aromatic rings. The molecule has 0 atom stereocenters. The molecule has 1 aliphatic carbocycles. The maximum atomic E-state index is 10.9. The van der Waals surface area contributed by atoms with Gasteiger partial charge in [0, 0.05) is 0 Å². The number of hydrogen-bond acceptors (Lipinski definition) is 2. The number of carbonyl (C=O) groups is 1. The lowest BCUT2D eigenvalue weighted by Crippen LogP contribution is -1.98. The molecule has 0 saturated carbocycles. The summed E-state index contributed by atoms with van der Waals surface area (Å²) < 4.78 is 0. The second kappa shape index (κ2) is 4.23. The number of carboxylic acid groups (broad SMARTS) is 1. The molecule has 0 unspecified atom stereocenters. The van der Waals surface area contributed by atoms with Crippen LogP contribution in [0.15, 0.2) is 36.4 Å². The minimum atomic E-state index is -1.11. The minimum absolute atomic E-state index is 0.0580. The van der Waals surface area contributed by atoms with Gasteiger partial charge in [0.15, 0.2) is 0 Å². The fourth-order valence-electron chi connectivity index (χ4n) is 1.71. The van der Waals surface area contributed by atoms with E-state index < -0.39 is 5.97 Å². The van der Waals surface area contributed by atoms with Crippen molar-refractivity contribution < 1.29 is 15.0 Å². The molecule has 2 N–H and O–H groups in total. The highest BCUT2D eigenvalue weighted by molar-refractivity contribution is 5.92. The van der Waals surface area contributed by atoms with E-state index in [2.05, 4.69) is 12.2 Å². The van der Waals surface area contributed by atoms with Crippen molar-refractivity contribution in [1.82, 2.24) is 0 Å². The zero-order valence-corrected chi connectivity index (χ0v) is 8.68. The molecule has 0 fully saturated rings. The highest BCUT2D eigenvalue weighted by Gasteiger charge is 2.11. The van der Waals surface area contributed by atoms with Crippen LogP contribution in [0.5, 0.6) is 5.75 Å². The predicted octanol–water partition coefficient (Wildman–Crippen LogP) is 2.82. The summed E-state index contributed by atoms with van der Waals surface area (Å²) in [7, 11) is 0. The molecule has 82 valence electrons. The van der Waals surface area contributed by atoms with Crippen LogP contribution in [-0.2, 0) is 0 Å². The van der Waals surface area contributed by atoms with Crippen molar-refractivity contribution in [3.63, 3.8) is 0 Å². The van der Waals surface area contributed by atoms with Crippen LogP contribution >= 0.6 is 0 Å². The summed E-state index contributed by atoms with van der Waals surface area (Å²) in [5.41, 5.74) is 1.78. The maximum Gasteiger partial charge on any atom is 0.339 e. The molecule has 0 aliphatic heterocycles. The van der Waals surface area contributed by atoms with Gasteiger partial charge in [-0.25, -0.2) is 4.79 Å². The standard InChI is InChI=1S/C13H12O3/c14-12-7-6-10(8-11(12)13(15)16)9-4-2-1-3-5-9/h2,4-8,14H,1,3H2,(H,15,16).